The normalized spacial score (nSPS) is 25.6. The number of alkyl halides is 3. The molecule has 47 heavy (non-hydrogen) atoms. The first-order chi connectivity index (χ1) is 21.4. The highest BCUT2D eigenvalue weighted by Crippen LogP contribution is 2.42. The first-order valence-electron chi connectivity index (χ1n) is 16.3. The van der Waals surface area contributed by atoms with E-state index in [0.717, 1.165) is 31.2 Å². The molecular formula is C35H51ClF3N3O5. The Morgan fingerprint density at radius 1 is 0.936 bits per heavy atom. The number of aldehydes is 1. The summed E-state index contributed by atoms with van der Waals surface area (Å²) in [6, 6.07) is 6.47. The van der Waals surface area contributed by atoms with Gasteiger partial charge in [0.05, 0.1) is 12.0 Å². The second-order valence-electron chi connectivity index (χ2n) is 16.1. The van der Waals surface area contributed by atoms with Crippen LogP contribution in [0, 0.1) is 16.7 Å². The van der Waals surface area contributed by atoms with E-state index in [1.54, 1.807) is 4.90 Å². The van der Waals surface area contributed by atoms with Gasteiger partial charge in [0.25, 0.3) is 0 Å². The number of carboxylic acid groups (broad SMARTS) is 1. The summed E-state index contributed by atoms with van der Waals surface area (Å²) in [7, 11) is 0. The molecule has 1 aromatic carbocycles. The first-order valence-corrected chi connectivity index (χ1v) is 16.7. The van der Waals surface area contributed by atoms with Crippen LogP contribution < -0.4 is 0 Å². The zero-order valence-corrected chi connectivity index (χ0v) is 29.6. The minimum Gasteiger partial charge on any atom is -0.480 e. The Kier molecular flexibility index (Phi) is 11.9. The Labute approximate surface area is 282 Å². The second kappa shape index (κ2) is 14.4. The summed E-state index contributed by atoms with van der Waals surface area (Å²) < 4.78 is 31.2. The van der Waals surface area contributed by atoms with Gasteiger partial charge in [-0.15, -0.1) is 0 Å². The third-order valence-electron chi connectivity index (χ3n) is 9.84. The molecule has 1 unspecified atom stereocenters. The summed E-state index contributed by atoms with van der Waals surface area (Å²) >= 11 is 6.18. The Balaban J connectivity index is 0.000000913. The highest BCUT2D eigenvalue weighted by atomic mass is 35.5. The van der Waals surface area contributed by atoms with Crippen molar-refractivity contribution in [3.63, 3.8) is 0 Å². The Bertz CT molecular complexity index is 1280. The molecule has 1 aromatic rings. The number of carbonyl (C=O) groups excluding carboxylic acids is 3. The summed E-state index contributed by atoms with van der Waals surface area (Å²) in [5.41, 5.74) is 0.550. The number of rotatable bonds is 5. The minimum absolute atomic E-state index is 0.0458. The van der Waals surface area contributed by atoms with Gasteiger partial charge in [0.2, 0.25) is 18.1 Å². The molecule has 2 aliphatic heterocycles. The van der Waals surface area contributed by atoms with E-state index in [4.69, 9.17) is 16.4 Å². The first kappa shape index (κ1) is 38.8. The average Bonchev–Trinajstić information content (AvgIpc) is 3.60. The topological polar surface area (TPSA) is 98.2 Å². The molecule has 1 saturated carbocycles. The van der Waals surface area contributed by atoms with Crippen LogP contribution >= 0.6 is 11.6 Å². The van der Waals surface area contributed by atoms with Gasteiger partial charge in [-0.05, 0) is 69.6 Å². The lowest BCUT2D eigenvalue weighted by molar-refractivity contribution is -0.156. The second-order valence-corrected chi connectivity index (χ2v) is 16.5. The van der Waals surface area contributed by atoms with E-state index in [2.05, 4.69) is 39.5 Å². The molecule has 2 heterocycles. The maximum Gasteiger partial charge on any atom is 0.446 e. The number of hydrogen-bond donors (Lipinski definition) is 1. The molecule has 2 saturated heterocycles. The van der Waals surface area contributed by atoms with Crippen LogP contribution in [0.4, 0.5) is 13.2 Å². The predicted molar refractivity (Wildman–Crippen MR) is 175 cm³/mol. The molecule has 4 rings (SSSR count). The van der Waals surface area contributed by atoms with E-state index in [9.17, 15) is 32.7 Å². The van der Waals surface area contributed by atoms with Gasteiger partial charge >= 0.3 is 12.1 Å². The molecule has 4 atom stereocenters. The van der Waals surface area contributed by atoms with E-state index in [0.29, 0.717) is 18.1 Å². The minimum atomic E-state index is -4.64. The van der Waals surface area contributed by atoms with Crippen LogP contribution in [0.2, 0.25) is 5.02 Å². The summed E-state index contributed by atoms with van der Waals surface area (Å²) in [6.07, 6.45) is -1.58. The Morgan fingerprint density at radius 3 is 1.91 bits per heavy atom. The zero-order chi connectivity index (χ0) is 35.7. The van der Waals surface area contributed by atoms with Crippen molar-refractivity contribution in [3.8, 4) is 0 Å². The number of hydrogen-bond acceptors (Lipinski definition) is 5. The maximum atomic E-state index is 14.4. The lowest BCUT2D eigenvalue weighted by Gasteiger charge is -2.45. The van der Waals surface area contributed by atoms with Gasteiger partial charge in [-0.25, -0.2) is 4.79 Å². The molecule has 12 heteroatoms. The number of halogens is 4. The zero-order valence-electron chi connectivity index (χ0n) is 28.9. The van der Waals surface area contributed by atoms with Crippen LogP contribution in [-0.4, -0.2) is 93.4 Å². The van der Waals surface area contributed by atoms with Gasteiger partial charge in [-0.3, -0.25) is 19.3 Å². The predicted octanol–water partition coefficient (Wildman–Crippen LogP) is 6.80. The van der Waals surface area contributed by atoms with E-state index in [-0.39, 0.29) is 59.7 Å². The van der Waals surface area contributed by atoms with Crippen LogP contribution in [0.25, 0.3) is 0 Å². The van der Waals surface area contributed by atoms with Gasteiger partial charge in [0, 0.05) is 54.0 Å². The maximum absolute atomic E-state index is 14.4. The third-order valence-corrected chi connectivity index (χ3v) is 10.1. The van der Waals surface area contributed by atoms with E-state index in [1.165, 1.54) is 0 Å². The summed E-state index contributed by atoms with van der Waals surface area (Å²) in [5.74, 6) is -1.52. The number of likely N-dealkylation sites (tertiary alicyclic amines) is 2. The van der Waals surface area contributed by atoms with Crippen molar-refractivity contribution in [2.75, 3.05) is 19.6 Å². The lowest BCUT2D eigenvalue weighted by Crippen LogP contribution is -2.54. The smallest absolute Gasteiger partial charge is 0.446 e. The lowest BCUT2D eigenvalue weighted by atomic mass is 9.74. The van der Waals surface area contributed by atoms with Crippen LogP contribution in [0.5, 0.6) is 0 Å². The van der Waals surface area contributed by atoms with Gasteiger partial charge < -0.3 is 14.9 Å². The molecule has 2 amide bonds. The van der Waals surface area contributed by atoms with Gasteiger partial charge in [0.15, 0.2) is 0 Å². The number of carbonyl (C=O) groups is 4. The molecule has 0 bridgehead atoms. The van der Waals surface area contributed by atoms with Crippen LogP contribution in [0.3, 0.4) is 0 Å². The fraction of sp³-hybridized carbons (Fsp3) is 0.714. The third kappa shape index (κ3) is 9.94. The van der Waals surface area contributed by atoms with Crippen molar-refractivity contribution < 1.29 is 37.5 Å². The monoisotopic (exact) mass is 685 g/mol. The van der Waals surface area contributed by atoms with Crippen molar-refractivity contribution >= 4 is 35.7 Å². The van der Waals surface area contributed by atoms with Crippen LogP contribution in [0.15, 0.2) is 24.3 Å². The van der Waals surface area contributed by atoms with Crippen molar-refractivity contribution in [2.45, 2.75) is 123 Å². The highest BCUT2D eigenvalue weighted by molar-refractivity contribution is 6.30. The number of amides is 2. The van der Waals surface area contributed by atoms with E-state index in [1.807, 2.05) is 49.9 Å². The molecular weight excluding hydrogens is 635 g/mol. The molecule has 0 spiro atoms. The number of nitrogens with zero attached hydrogens (tertiary/aromatic N) is 3. The van der Waals surface area contributed by atoms with Gasteiger partial charge in [0.1, 0.15) is 6.04 Å². The molecule has 264 valence electrons. The van der Waals surface area contributed by atoms with E-state index >= 15 is 0 Å². The fourth-order valence-corrected chi connectivity index (χ4v) is 7.16. The average molecular weight is 686 g/mol. The number of benzene rings is 1. The van der Waals surface area contributed by atoms with Crippen molar-refractivity contribution in [2.24, 2.45) is 16.7 Å². The van der Waals surface area contributed by atoms with Gasteiger partial charge in [-0.2, -0.15) is 13.2 Å². The molecule has 0 radical (unpaired) electrons. The Morgan fingerprint density at radius 2 is 1.47 bits per heavy atom. The quantitative estimate of drug-likeness (QED) is 0.343. The molecule has 3 fully saturated rings. The largest absolute Gasteiger partial charge is 0.480 e. The van der Waals surface area contributed by atoms with Gasteiger partial charge in [-0.1, -0.05) is 58.4 Å². The summed E-state index contributed by atoms with van der Waals surface area (Å²) in [5, 5.41) is 11.0. The van der Waals surface area contributed by atoms with E-state index < -0.39 is 29.9 Å². The SMILES string of the molecule is CC1(C)CCC(N(C(=O)C(C)(C)C)[C@H]2C[C@@H](C(=O)O)N(C(=O)C3CN(C(C)(C)C)C[C@H]3c3ccc(Cl)cc3)C2)CC1.O=CC(F)(F)F. The molecule has 1 N–H and O–H groups in total. The molecule has 8 nitrogen and oxygen atoms in total. The van der Waals surface area contributed by atoms with Crippen molar-refractivity contribution in [1.29, 1.82) is 0 Å². The molecule has 3 aliphatic rings. The van der Waals surface area contributed by atoms with Crippen LogP contribution in [-0.2, 0) is 19.2 Å². The summed E-state index contributed by atoms with van der Waals surface area (Å²) in [4.78, 5) is 55.5. The fourth-order valence-electron chi connectivity index (χ4n) is 7.03. The van der Waals surface area contributed by atoms with Crippen molar-refractivity contribution in [3.05, 3.63) is 34.9 Å². The van der Waals surface area contributed by atoms with Crippen molar-refractivity contribution in [1.82, 2.24) is 14.7 Å². The highest BCUT2D eigenvalue weighted by Gasteiger charge is 2.51. The summed E-state index contributed by atoms with van der Waals surface area (Å²) in [6.45, 7) is 18.3. The number of carboxylic acids is 1. The van der Waals surface area contributed by atoms with Crippen LogP contribution in [0.1, 0.15) is 99.0 Å². The number of aliphatic carboxylic acids is 1. The molecule has 1 aliphatic carbocycles. The molecule has 0 aromatic heterocycles. The standard InChI is InChI=1S/C33H50ClN3O4.C2HF3O/c1-31(2,3)30(41)37(23-13-15-33(7,8)16-14-23)24-17-27(29(39)40)36(18-24)28(38)26-20-35(32(4,5)6)19-25(26)21-9-11-22(34)12-10-21;3-2(4,5)1-6/h9-12,23-27H,13-20H2,1-8H3,(H,39,40);1H/t24-,25-,26?,27-;/m0./s1. The Hall–Kier alpha value is -2.66.